The van der Waals surface area contributed by atoms with Crippen molar-refractivity contribution in [3.8, 4) is 11.5 Å². The lowest BCUT2D eigenvalue weighted by molar-refractivity contribution is -0.120. The van der Waals surface area contributed by atoms with Crippen LogP contribution in [-0.2, 0) is 9.63 Å². The highest BCUT2D eigenvalue weighted by Crippen LogP contribution is 2.35. The maximum atomic E-state index is 11.9. The number of hydrogen-bond acceptors (Lipinski definition) is 5. The predicted molar refractivity (Wildman–Crippen MR) is 107 cm³/mol. The molecule has 144 valence electrons. The third-order valence-electron chi connectivity index (χ3n) is 3.79. The second-order valence-electron chi connectivity index (χ2n) is 6.07. The summed E-state index contributed by atoms with van der Waals surface area (Å²) in [6, 6.07) is 11.1. The van der Waals surface area contributed by atoms with Crippen LogP contribution in [0.3, 0.4) is 0 Å². The molecule has 0 aliphatic carbocycles. The molecule has 0 aliphatic heterocycles. The third kappa shape index (κ3) is 5.89. The Morgan fingerprint density at radius 1 is 1.19 bits per heavy atom. The summed E-state index contributed by atoms with van der Waals surface area (Å²) >= 11 is 6.13. The molecule has 0 saturated heterocycles. The number of benzene rings is 2. The van der Waals surface area contributed by atoms with Crippen LogP contribution in [0.15, 0.2) is 41.6 Å². The average molecular weight is 391 g/mol. The molecule has 0 bridgehead atoms. The summed E-state index contributed by atoms with van der Waals surface area (Å²) < 4.78 is 10.4. The van der Waals surface area contributed by atoms with Crippen LogP contribution >= 0.6 is 11.6 Å². The molecule has 0 radical (unpaired) electrons. The molecular weight excluding hydrogens is 368 g/mol. The maximum Gasteiger partial charge on any atom is 0.265 e. The Hall–Kier alpha value is -2.73. The molecule has 0 unspecified atom stereocenters. The van der Waals surface area contributed by atoms with Crippen LogP contribution in [0.1, 0.15) is 30.9 Å². The van der Waals surface area contributed by atoms with Crippen molar-refractivity contribution < 1.29 is 19.1 Å². The lowest BCUT2D eigenvalue weighted by Gasteiger charge is -2.10. The standard InChI is InChI=1S/C20H23ClN2O4/c1-13(2)15-5-7-16(8-6-15)23-19(24)12-27-22-11-14-9-17(21)20(26-4)18(10-14)25-3/h5-11,13H,12H2,1-4H3,(H,23,24)/b22-11+. The van der Waals surface area contributed by atoms with Gasteiger partial charge in [-0.15, -0.1) is 0 Å². The smallest absolute Gasteiger partial charge is 0.265 e. The van der Waals surface area contributed by atoms with Crippen molar-refractivity contribution in [3.63, 3.8) is 0 Å². The molecule has 0 aromatic heterocycles. The Kier molecular flexibility index (Phi) is 7.49. The number of carbonyl (C=O) groups is 1. The molecule has 0 spiro atoms. The number of methoxy groups -OCH3 is 2. The van der Waals surface area contributed by atoms with Crippen LogP contribution in [0.4, 0.5) is 5.69 Å². The second-order valence-corrected chi connectivity index (χ2v) is 6.48. The Morgan fingerprint density at radius 2 is 1.89 bits per heavy atom. The summed E-state index contributed by atoms with van der Waals surface area (Å²) in [5.41, 5.74) is 2.58. The lowest BCUT2D eigenvalue weighted by Crippen LogP contribution is -2.16. The first-order valence-electron chi connectivity index (χ1n) is 8.41. The normalized spacial score (nSPS) is 10.9. The van der Waals surface area contributed by atoms with Crippen LogP contribution in [0.25, 0.3) is 0 Å². The van der Waals surface area contributed by atoms with Crippen LogP contribution in [0.2, 0.25) is 5.02 Å². The number of anilines is 1. The van der Waals surface area contributed by atoms with Gasteiger partial charge in [0.2, 0.25) is 0 Å². The minimum absolute atomic E-state index is 0.205. The molecule has 7 heteroatoms. The minimum Gasteiger partial charge on any atom is -0.493 e. The molecule has 0 saturated carbocycles. The molecule has 2 rings (SSSR count). The number of amides is 1. The van der Waals surface area contributed by atoms with E-state index in [0.717, 1.165) is 0 Å². The number of carbonyl (C=O) groups excluding carboxylic acids is 1. The van der Waals surface area contributed by atoms with Crippen LogP contribution in [0, 0.1) is 0 Å². The molecular formula is C20H23ClN2O4. The highest BCUT2D eigenvalue weighted by Gasteiger charge is 2.10. The first-order chi connectivity index (χ1) is 12.9. The number of oxime groups is 1. The first kappa shape index (κ1) is 20.6. The van der Waals surface area contributed by atoms with Gasteiger partial charge in [0.05, 0.1) is 25.5 Å². The van der Waals surface area contributed by atoms with Gasteiger partial charge in [-0.1, -0.05) is 42.7 Å². The van der Waals surface area contributed by atoms with E-state index >= 15 is 0 Å². The number of halogens is 1. The van der Waals surface area contributed by atoms with E-state index in [2.05, 4.69) is 24.3 Å². The highest BCUT2D eigenvalue weighted by molar-refractivity contribution is 6.32. The quantitative estimate of drug-likeness (QED) is 0.533. The van der Waals surface area contributed by atoms with Gasteiger partial charge in [0.25, 0.3) is 5.91 Å². The van der Waals surface area contributed by atoms with Crippen LogP contribution < -0.4 is 14.8 Å². The molecule has 0 fully saturated rings. The van der Waals surface area contributed by atoms with E-state index in [1.54, 1.807) is 12.1 Å². The van der Waals surface area contributed by atoms with Gasteiger partial charge in [0.1, 0.15) is 0 Å². The van der Waals surface area contributed by atoms with E-state index < -0.39 is 0 Å². The number of hydrogen-bond donors (Lipinski definition) is 1. The Labute approximate surface area is 164 Å². The van der Waals surface area contributed by atoms with Gasteiger partial charge in [0.15, 0.2) is 18.1 Å². The molecule has 1 amide bonds. The van der Waals surface area contributed by atoms with Gasteiger partial charge in [-0.2, -0.15) is 0 Å². The SMILES string of the molecule is COc1cc(/C=N/OCC(=O)Nc2ccc(C(C)C)cc2)cc(Cl)c1OC. The Morgan fingerprint density at radius 3 is 2.48 bits per heavy atom. The summed E-state index contributed by atoms with van der Waals surface area (Å²) in [6.07, 6.45) is 1.44. The van der Waals surface area contributed by atoms with Crippen molar-refractivity contribution in [2.45, 2.75) is 19.8 Å². The zero-order chi connectivity index (χ0) is 19.8. The maximum absolute atomic E-state index is 11.9. The van der Waals surface area contributed by atoms with Crippen LogP contribution in [-0.4, -0.2) is 32.9 Å². The van der Waals surface area contributed by atoms with Gasteiger partial charge in [-0.05, 0) is 35.7 Å². The zero-order valence-electron chi connectivity index (χ0n) is 15.8. The van der Waals surface area contributed by atoms with Crippen molar-refractivity contribution in [3.05, 3.63) is 52.5 Å². The highest BCUT2D eigenvalue weighted by atomic mass is 35.5. The van der Waals surface area contributed by atoms with Gasteiger partial charge in [-0.25, -0.2) is 0 Å². The molecule has 0 aliphatic rings. The van der Waals surface area contributed by atoms with Crippen molar-refractivity contribution >= 4 is 29.4 Å². The van der Waals surface area contributed by atoms with Crippen molar-refractivity contribution in [2.24, 2.45) is 5.16 Å². The van der Waals surface area contributed by atoms with E-state index in [9.17, 15) is 4.79 Å². The average Bonchev–Trinajstić information content (AvgIpc) is 2.65. The number of nitrogens with zero attached hydrogens (tertiary/aromatic N) is 1. The van der Waals surface area contributed by atoms with Crippen molar-refractivity contribution in [2.75, 3.05) is 26.1 Å². The van der Waals surface area contributed by atoms with E-state index in [4.69, 9.17) is 25.9 Å². The second kappa shape index (κ2) is 9.83. The molecule has 27 heavy (non-hydrogen) atoms. The molecule has 2 aromatic carbocycles. The van der Waals surface area contributed by atoms with Crippen LogP contribution in [0.5, 0.6) is 11.5 Å². The van der Waals surface area contributed by atoms with Gasteiger partial charge < -0.3 is 19.6 Å². The van der Waals surface area contributed by atoms with E-state index in [-0.39, 0.29) is 12.5 Å². The van der Waals surface area contributed by atoms with Crippen molar-refractivity contribution in [1.82, 2.24) is 0 Å². The predicted octanol–water partition coefficient (Wildman–Crippen LogP) is 4.47. The fourth-order valence-corrected chi connectivity index (χ4v) is 2.65. The topological polar surface area (TPSA) is 69.2 Å². The number of nitrogens with one attached hydrogen (secondary N) is 1. The summed E-state index contributed by atoms with van der Waals surface area (Å²) in [7, 11) is 3.03. The third-order valence-corrected chi connectivity index (χ3v) is 4.07. The van der Waals surface area contributed by atoms with Gasteiger partial charge in [-0.3, -0.25) is 4.79 Å². The fourth-order valence-electron chi connectivity index (χ4n) is 2.35. The van der Waals surface area contributed by atoms with E-state index in [1.165, 1.54) is 26.0 Å². The monoisotopic (exact) mass is 390 g/mol. The zero-order valence-corrected chi connectivity index (χ0v) is 16.5. The largest absolute Gasteiger partial charge is 0.493 e. The van der Waals surface area contributed by atoms with Crippen molar-refractivity contribution in [1.29, 1.82) is 0 Å². The Bertz CT molecular complexity index is 804. The minimum atomic E-state index is -0.296. The van der Waals surface area contributed by atoms with E-state index in [0.29, 0.717) is 33.7 Å². The van der Waals surface area contributed by atoms with Gasteiger partial charge >= 0.3 is 0 Å². The lowest BCUT2D eigenvalue weighted by atomic mass is 10.0. The van der Waals surface area contributed by atoms with Gasteiger partial charge in [0, 0.05) is 11.3 Å². The first-order valence-corrected chi connectivity index (χ1v) is 8.79. The molecule has 0 atom stereocenters. The summed E-state index contributed by atoms with van der Waals surface area (Å²) in [4.78, 5) is 17.0. The summed E-state index contributed by atoms with van der Waals surface area (Å²) in [5.74, 6) is 1.07. The fraction of sp³-hybridized carbons (Fsp3) is 0.300. The molecule has 1 N–H and O–H groups in total. The van der Waals surface area contributed by atoms with E-state index in [1.807, 2.05) is 24.3 Å². The molecule has 6 nitrogen and oxygen atoms in total. The molecule has 0 heterocycles. The summed E-state index contributed by atoms with van der Waals surface area (Å²) in [6.45, 7) is 4.03. The Balaban J connectivity index is 1.88. The molecule has 2 aromatic rings. The summed E-state index contributed by atoms with van der Waals surface area (Å²) in [5, 5.41) is 6.94. The number of rotatable bonds is 8. The number of ether oxygens (including phenoxy) is 2.